The maximum Gasteiger partial charge on any atom is 0.193 e. The van der Waals surface area contributed by atoms with Crippen LogP contribution in [0.15, 0.2) is 69.9 Å². The van der Waals surface area contributed by atoms with Crippen LogP contribution in [0, 0.1) is 0 Å². The third-order valence-corrected chi connectivity index (χ3v) is 3.11. The van der Waals surface area contributed by atoms with Gasteiger partial charge < -0.3 is 19.7 Å². The van der Waals surface area contributed by atoms with Gasteiger partial charge in [-0.25, -0.2) is 0 Å². The van der Waals surface area contributed by atoms with E-state index in [1.807, 2.05) is 48.5 Å². The third kappa shape index (κ3) is 4.50. The van der Waals surface area contributed by atoms with Crippen LogP contribution in [0.25, 0.3) is 22.3 Å². The van der Waals surface area contributed by atoms with Crippen LogP contribution in [-0.2, 0) is 0 Å². The van der Waals surface area contributed by atoms with Crippen LogP contribution in [0.3, 0.4) is 0 Å². The zero-order valence-corrected chi connectivity index (χ0v) is 12.4. The second kappa shape index (κ2) is 8.24. The lowest BCUT2D eigenvalue weighted by molar-refractivity contribution is 0.0450. The fraction of sp³-hybridized carbons (Fsp3) is 0.167. The number of rotatable bonds is 3. The van der Waals surface area contributed by atoms with Crippen LogP contribution in [0.5, 0.6) is 0 Å². The molecule has 0 bridgehead atoms. The maximum atomic E-state index is 11.9. The molecule has 3 rings (SSSR count). The highest BCUT2D eigenvalue weighted by Crippen LogP contribution is 2.21. The number of para-hydroxylation sites is 1. The summed E-state index contributed by atoms with van der Waals surface area (Å²) in [5, 5.41) is 24.6. The molecule has 0 aliphatic heterocycles. The van der Waals surface area contributed by atoms with Gasteiger partial charge in [0.15, 0.2) is 5.43 Å². The Kier molecular flexibility index (Phi) is 6.05. The molecule has 0 saturated carbocycles. The van der Waals surface area contributed by atoms with E-state index in [4.69, 9.17) is 19.7 Å². The van der Waals surface area contributed by atoms with Crippen molar-refractivity contribution in [3.8, 4) is 11.3 Å². The Morgan fingerprint density at radius 2 is 1.52 bits per heavy atom. The van der Waals surface area contributed by atoms with E-state index in [-0.39, 0.29) is 18.6 Å². The molecule has 0 unspecified atom stereocenters. The van der Waals surface area contributed by atoms with Gasteiger partial charge in [-0.1, -0.05) is 42.5 Å². The van der Waals surface area contributed by atoms with Gasteiger partial charge in [-0.2, -0.15) is 0 Å². The Labute approximate surface area is 133 Å². The average molecular weight is 314 g/mol. The molecule has 0 saturated heterocycles. The van der Waals surface area contributed by atoms with Crippen molar-refractivity contribution in [2.24, 2.45) is 0 Å². The first-order valence-electron chi connectivity index (χ1n) is 7.13. The van der Waals surface area contributed by atoms with Crippen LogP contribution in [0.4, 0.5) is 0 Å². The predicted octanol–water partition coefficient (Wildman–Crippen LogP) is 1.79. The van der Waals surface area contributed by atoms with E-state index in [1.54, 1.807) is 6.07 Å². The van der Waals surface area contributed by atoms with Crippen molar-refractivity contribution >= 4 is 11.0 Å². The van der Waals surface area contributed by atoms with Gasteiger partial charge in [0.1, 0.15) is 17.4 Å². The third-order valence-electron chi connectivity index (χ3n) is 3.11. The van der Waals surface area contributed by atoms with Crippen molar-refractivity contribution in [1.29, 1.82) is 0 Å². The lowest BCUT2D eigenvalue weighted by Gasteiger charge is -2.02. The van der Waals surface area contributed by atoms with E-state index in [0.29, 0.717) is 16.7 Å². The summed E-state index contributed by atoms with van der Waals surface area (Å²) in [5.41, 5.74) is 1.53. The standard InChI is InChI=1S/C15H10O2.C3H8O3/c16-13-10-15(11-6-2-1-3-7-11)17-14-9-5-4-8-12(13)14;4-1-3(6)2-5/h1-10H;3-6H,1-2H2. The number of hydrogen-bond donors (Lipinski definition) is 3. The Morgan fingerprint density at radius 3 is 2.13 bits per heavy atom. The van der Waals surface area contributed by atoms with Gasteiger partial charge in [0.05, 0.1) is 18.6 Å². The first-order chi connectivity index (χ1) is 11.2. The molecular formula is C18H18O5. The number of hydrogen-bond acceptors (Lipinski definition) is 5. The molecule has 5 nitrogen and oxygen atoms in total. The van der Waals surface area contributed by atoms with Crippen molar-refractivity contribution in [2.45, 2.75) is 6.10 Å². The Morgan fingerprint density at radius 1 is 0.913 bits per heavy atom. The van der Waals surface area contributed by atoms with Gasteiger partial charge >= 0.3 is 0 Å². The summed E-state index contributed by atoms with van der Waals surface area (Å²) < 4.78 is 5.73. The summed E-state index contributed by atoms with van der Waals surface area (Å²) >= 11 is 0. The van der Waals surface area contributed by atoms with Crippen molar-refractivity contribution in [3.63, 3.8) is 0 Å². The lowest BCUT2D eigenvalue weighted by Crippen LogP contribution is -2.15. The zero-order valence-electron chi connectivity index (χ0n) is 12.4. The van der Waals surface area contributed by atoms with Gasteiger partial charge in [0.2, 0.25) is 0 Å². The van der Waals surface area contributed by atoms with Gasteiger partial charge in [-0.3, -0.25) is 4.79 Å². The van der Waals surface area contributed by atoms with E-state index in [0.717, 1.165) is 5.56 Å². The zero-order chi connectivity index (χ0) is 16.7. The van der Waals surface area contributed by atoms with Crippen molar-refractivity contribution in [2.75, 3.05) is 13.2 Å². The minimum atomic E-state index is -0.954. The molecule has 0 fully saturated rings. The second-order valence-electron chi connectivity index (χ2n) is 4.86. The van der Waals surface area contributed by atoms with E-state index in [9.17, 15) is 4.79 Å². The molecule has 0 amide bonds. The van der Waals surface area contributed by atoms with Crippen molar-refractivity contribution in [3.05, 3.63) is 70.9 Å². The Bertz CT molecular complexity index is 791. The second-order valence-corrected chi connectivity index (χ2v) is 4.86. The number of fused-ring (bicyclic) bond motifs is 1. The minimum absolute atomic E-state index is 0.00861. The minimum Gasteiger partial charge on any atom is -0.456 e. The lowest BCUT2D eigenvalue weighted by atomic mass is 10.1. The highest BCUT2D eigenvalue weighted by atomic mass is 16.3. The summed E-state index contributed by atoms with van der Waals surface area (Å²) in [6.07, 6.45) is -0.954. The molecule has 5 heteroatoms. The summed E-state index contributed by atoms with van der Waals surface area (Å²) in [6.45, 7) is -0.729. The summed E-state index contributed by atoms with van der Waals surface area (Å²) in [5.74, 6) is 0.606. The molecule has 3 aromatic rings. The predicted molar refractivity (Wildman–Crippen MR) is 88.1 cm³/mol. The molecule has 2 aromatic carbocycles. The molecule has 0 atom stereocenters. The van der Waals surface area contributed by atoms with Gasteiger partial charge in [0.25, 0.3) is 0 Å². The van der Waals surface area contributed by atoms with Gasteiger partial charge in [0, 0.05) is 11.6 Å². The first-order valence-corrected chi connectivity index (χ1v) is 7.13. The van der Waals surface area contributed by atoms with Crippen molar-refractivity contribution in [1.82, 2.24) is 0 Å². The molecular weight excluding hydrogens is 296 g/mol. The first kappa shape index (κ1) is 16.9. The fourth-order valence-corrected chi connectivity index (χ4v) is 1.91. The van der Waals surface area contributed by atoms with Crippen LogP contribution >= 0.6 is 0 Å². The largest absolute Gasteiger partial charge is 0.456 e. The highest BCUT2D eigenvalue weighted by Gasteiger charge is 2.05. The van der Waals surface area contributed by atoms with Crippen LogP contribution in [0.1, 0.15) is 0 Å². The molecule has 0 aliphatic rings. The Balaban J connectivity index is 0.000000277. The van der Waals surface area contributed by atoms with Gasteiger partial charge in [-0.15, -0.1) is 0 Å². The summed E-state index contributed by atoms with van der Waals surface area (Å²) in [4.78, 5) is 11.9. The summed E-state index contributed by atoms with van der Waals surface area (Å²) in [7, 11) is 0. The topological polar surface area (TPSA) is 90.9 Å². The quantitative estimate of drug-likeness (QED) is 0.685. The molecule has 0 radical (unpaired) electrons. The fourth-order valence-electron chi connectivity index (χ4n) is 1.91. The van der Waals surface area contributed by atoms with Crippen molar-refractivity contribution < 1.29 is 19.7 Å². The van der Waals surface area contributed by atoms with E-state index in [2.05, 4.69) is 0 Å². The smallest absolute Gasteiger partial charge is 0.193 e. The average Bonchev–Trinajstić information content (AvgIpc) is 2.62. The van der Waals surface area contributed by atoms with E-state index >= 15 is 0 Å². The van der Waals surface area contributed by atoms with E-state index < -0.39 is 6.10 Å². The molecule has 3 N–H and O–H groups in total. The molecule has 23 heavy (non-hydrogen) atoms. The molecule has 1 aromatic heterocycles. The number of aliphatic hydroxyl groups is 3. The monoisotopic (exact) mass is 314 g/mol. The maximum absolute atomic E-state index is 11.9. The van der Waals surface area contributed by atoms with E-state index in [1.165, 1.54) is 6.07 Å². The Hall–Kier alpha value is -2.47. The summed E-state index contributed by atoms with van der Waals surface area (Å²) in [6, 6.07) is 18.4. The molecule has 0 aliphatic carbocycles. The van der Waals surface area contributed by atoms with Crippen LogP contribution < -0.4 is 5.43 Å². The number of aliphatic hydroxyl groups excluding tert-OH is 3. The highest BCUT2D eigenvalue weighted by molar-refractivity contribution is 5.78. The molecule has 1 heterocycles. The normalized spacial score (nSPS) is 10.4. The SMILES string of the molecule is O=c1cc(-c2ccccc2)oc2ccccc12.OCC(O)CO. The number of benzene rings is 2. The molecule has 120 valence electrons. The van der Waals surface area contributed by atoms with Crippen LogP contribution in [0.2, 0.25) is 0 Å². The van der Waals surface area contributed by atoms with Gasteiger partial charge in [-0.05, 0) is 12.1 Å². The van der Waals surface area contributed by atoms with Crippen LogP contribution in [-0.4, -0.2) is 34.6 Å². The molecule has 0 spiro atoms.